The van der Waals surface area contributed by atoms with Gasteiger partial charge in [0.25, 0.3) is 0 Å². The number of aliphatic hydroxyl groups excluding tert-OH is 2. The van der Waals surface area contributed by atoms with E-state index in [1.165, 1.54) is 0 Å². The molecule has 0 radical (unpaired) electrons. The number of hydrogen-bond donors (Lipinski definition) is 2. The minimum atomic E-state index is -0.962. The van der Waals surface area contributed by atoms with E-state index in [0.717, 1.165) is 5.39 Å². The van der Waals surface area contributed by atoms with Crippen molar-refractivity contribution >= 4 is 34.1 Å². The molecule has 0 aliphatic heterocycles. The van der Waals surface area contributed by atoms with Crippen molar-refractivity contribution in [1.29, 1.82) is 0 Å². The number of ether oxygens (including phenoxy) is 1. The first-order chi connectivity index (χ1) is 8.63. The standard InChI is InChI=1S/C12H11Cl2NO3/c13-9-4-10(14)12(18-6-7(17)5-16)11-8(9)2-1-3-15-11/h1-4,7,16-17H,5-6H2/t7-/m0/s1. The lowest BCUT2D eigenvalue weighted by atomic mass is 10.2. The maximum Gasteiger partial charge on any atom is 0.164 e. The highest BCUT2D eigenvalue weighted by molar-refractivity contribution is 6.39. The van der Waals surface area contributed by atoms with Crippen LogP contribution in [0.4, 0.5) is 0 Å². The molecule has 6 heteroatoms. The zero-order valence-electron chi connectivity index (χ0n) is 9.31. The fraction of sp³-hybridized carbons (Fsp3) is 0.250. The topological polar surface area (TPSA) is 62.6 Å². The number of aliphatic hydroxyl groups is 2. The largest absolute Gasteiger partial charge is 0.487 e. The minimum absolute atomic E-state index is 0.0659. The van der Waals surface area contributed by atoms with Crippen LogP contribution in [0.1, 0.15) is 0 Å². The molecule has 0 unspecified atom stereocenters. The summed E-state index contributed by atoms with van der Waals surface area (Å²) in [4.78, 5) is 4.17. The molecule has 1 aromatic heterocycles. The molecule has 1 heterocycles. The normalized spacial score (nSPS) is 12.7. The van der Waals surface area contributed by atoms with Gasteiger partial charge in [0.15, 0.2) is 5.75 Å². The van der Waals surface area contributed by atoms with E-state index in [1.54, 1.807) is 24.4 Å². The minimum Gasteiger partial charge on any atom is -0.487 e. The summed E-state index contributed by atoms with van der Waals surface area (Å²) >= 11 is 12.1. The molecule has 0 aliphatic rings. The Morgan fingerprint density at radius 3 is 2.83 bits per heavy atom. The van der Waals surface area contributed by atoms with Crippen molar-refractivity contribution in [2.75, 3.05) is 13.2 Å². The van der Waals surface area contributed by atoms with Crippen molar-refractivity contribution in [2.45, 2.75) is 6.10 Å². The lowest BCUT2D eigenvalue weighted by molar-refractivity contribution is 0.0541. The molecule has 4 nitrogen and oxygen atoms in total. The van der Waals surface area contributed by atoms with E-state index in [4.69, 9.17) is 33.0 Å². The molecule has 0 fully saturated rings. The Morgan fingerprint density at radius 2 is 2.11 bits per heavy atom. The average Bonchev–Trinajstić information content (AvgIpc) is 2.38. The fourth-order valence-electron chi connectivity index (χ4n) is 1.52. The van der Waals surface area contributed by atoms with Crippen molar-refractivity contribution in [3.8, 4) is 5.75 Å². The van der Waals surface area contributed by atoms with Crippen molar-refractivity contribution in [3.63, 3.8) is 0 Å². The van der Waals surface area contributed by atoms with Gasteiger partial charge in [-0.15, -0.1) is 0 Å². The molecule has 0 amide bonds. The van der Waals surface area contributed by atoms with Gasteiger partial charge in [-0.2, -0.15) is 0 Å². The second-order valence-electron chi connectivity index (χ2n) is 3.72. The predicted octanol–water partition coefficient (Wildman–Crippen LogP) is 2.27. The third-order valence-electron chi connectivity index (χ3n) is 2.38. The van der Waals surface area contributed by atoms with Crippen molar-refractivity contribution in [3.05, 3.63) is 34.4 Å². The molecule has 1 aromatic carbocycles. The van der Waals surface area contributed by atoms with Gasteiger partial charge in [0.05, 0.1) is 16.7 Å². The van der Waals surface area contributed by atoms with E-state index in [-0.39, 0.29) is 13.2 Å². The van der Waals surface area contributed by atoms with Gasteiger partial charge in [0.2, 0.25) is 0 Å². The van der Waals surface area contributed by atoms with Gasteiger partial charge in [-0.3, -0.25) is 4.98 Å². The molecule has 18 heavy (non-hydrogen) atoms. The summed E-state index contributed by atoms with van der Waals surface area (Å²) in [5.74, 6) is 0.351. The van der Waals surface area contributed by atoms with E-state index >= 15 is 0 Å². The van der Waals surface area contributed by atoms with Crippen LogP contribution >= 0.6 is 23.2 Å². The Kier molecular flexibility index (Phi) is 4.24. The third kappa shape index (κ3) is 2.67. The Hall–Kier alpha value is -1.07. The quantitative estimate of drug-likeness (QED) is 0.906. The summed E-state index contributed by atoms with van der Waals surface area (Å²) in [6, 6.07) is 5.12. The van der Waals surface area contributed by atoms with Gasteiger partial charge in [-0.05, 0) is 18.2 Å². The van der Waals surface area contributed by atoms with Crippen LogP contribution < -0.4 is 4.74 Å². The lowest BCUT2D eigenvalue weighted by Gasteiger charge is -2.13. The van der Waals surface area contributed by atoms with E-state index in [0.29, 0.717) is 21.3 Å². The van der Waals surface area contributed by atoms with Crippen LogP contribution in [0, 0.1) is 0 Å². The Morgan fingerprint density at radius 1 is 1.33 bits per heavy atom. The highest BCUT2D eigenvalue weighted by Gasteiger charge is 2.13. The van der Waals surface area contributed by atoms with E-state index in [9.17, 15) is 5.11 Å². The lowest BCUT2D eigenvalue weighted by Crippen LogP contribution is -2.21. The van der Waals surface area contributed by atoms with Crippen LogP contribution in [0.2, 0.25) is 10.0 Å². The Bertz CT molecular complexity index is 562. The highest BCUT2D eigenvalue weighted by atomic mass is 35.5. The molecule has 0 saturated heterocycles. The number of halogens is 2. The summed E-state index contributed by atoms with van der Waals surface area (Å²) in [6.45, 7) is -0.444. The Balaban J connectivity index is 2.43. The van der Waals surface area contributed by atoms with E-state index < -0.39 is 6.10 Å². The van der Waals surface area contributed by atoms with Crippen molar-refractivity contribution < 1.29 is 14.9 Å². The summed E-state index contributed by atoms with van der Waals surface area (Å²) in [7, 11) is 0. The number of aromatic nitrogens is 1. The van der Waals surface area contributed by atoms with E-state index in [1.807, 2.05) is 0 Å². The SMILES string of the molecule is OC[C@H](O)COc1c(Cl)cc(Cl)c2cccnc12. The number of hydrogen-bond acceptors (Lipinski definition) is 4. The first-order valence-corrected chi connectivity index (χ1v) is 6.03. The maximum absolute atomic E-state index is 9.27. The molecule has 0 saturated carbocycles. The van der Waals surface area contributed by atoms with Crippen LogP contribution in [0.3, 0.4) is 0 Å². The maximum atomic E-state index is 9.27. The van der Waals surface area contributed by atoms with Gasteiger partial charge in [0, 0.05) is 11.6 Å². The molecule has 2 aromatic rings. The first-order valence-electron chi connectivity index (χ1n) is 5.28. The molecule has 2 rings (SSSR count). The second kappa shape index (κ2) is 5.71. The van der Waals surface area contributed by atoms with Crippen molar-refractivity contribution in [1.82, 2.24) is 4.98 Å². The van der Waals surface area contributed by atoms with Crippen LogP contribution in [0.5, 0.6) is 5.75 Å². The van der Waals surface area contributed by atoms with E-state index in [2.05, 4.69) is 4.98 Å². The fourth-order valence-corrected chi connectivity index (χ4v) is 2.09. The van der Waals surface area contributed by atoms with Crippen LogP contribution in [0.25, 0.3) is 10.9 Å². The molecule has 0 bridgehead atoms. The second-order valence-corrected chi connectivity index (χ2v) is 4.53. The van der Waals surface area contributed by atoms with Gasteiger partial charge >= 0.3 is 0 Å². The zero-order chi connectivity index (χ0) is 13.1. The number of nitrogens with zero attached hydrogens (tertiary/aromatic N) is 1. The summed E-state index contributed by atoms with van der Waals surface area (Å²) in [5, 5.41) is 19.5. The number of rotatable bonds is 4. The molecule has 0 aliphatic carbocycles. The zero-order valence-corrected chi connectivity index (χ0v) is 10.8. The average molecular weight is 288 g/mol. The van der Waals surface area contributed by atoms with Crippen molar-refractivity contribution in [2.24, 2.45) is 0 Å². The molecular weight excluding hydrogens is 277 g/mol. The first kappa shape index (κ1) is 13.4. The van der Waals surface area contributed by atoms with Gasteiger partial charge in [-0.25, -0.2) is 0 Å². The summed E-state index contributed by atoms with van der Waals surface area (Å²) in [5.41, 5.74) is 0.528. The van der Waals surface area contributed by atoms with Crippen LogP contribution in [-0.2, 0) is 0 Å². The highest BCUT2D eigenvalue weighted by Crippen LogP contribution is 2.36. The Labute approximate surface area is 114 Å². The van der Waals surface area contributed by atoms with Crippen LogP contribution in [-0.4, -0.2) is 34.5 Å². The van der Waals surface area contributed by atoms with Gasteiger partial charge in [-0.1, -0.05) is 23.2 Å². The van der Waals surface area contributed by atoms with Gasteiger partial charge in [0.1, 0.15) is 18.2 Å². The smallest absolute Gasteiger partial charge is 0.164 e. The van der Waals surface area contributed by atoms with Gasteiger partial charge < -0.3 is 14.9 Å². The molecular formula is C12H11Cl2NO3. The number of fused-ring (bicyclic) bond motifs is 1. The third-order valence-corrected chi connectivity index (χ3v) is 2.97. The summed E-state index contributed by atoms with van der Waals surface area (Å²) in [6.07, 6.45) is 0.639. The molecule has 0 spiro atoms. The molecule has 96 valence electrons. The molecule has 1 atom stereocenters. The number of benzene rings is 1. The number of pyridine rings is 1. The predicted molar refractivity (Wildman–Crippen MR) is 70.4 cm³/mol. The summed E-state index contributed by atoms with van der Waals surface area (Å²) < 4.78 is 5.39. The monoisotopic (exact) mass is 287 g/mol. The molecule has 2 N–H and O–H groups in total. The van der Waals surface area contributed by atoms with Crippen LogP contribution in [0.15, 0.2) is 24.4 Å².